The van der Waals surface area contributed by atoms with Gasteiger partial charge in [-0.1, -0.05) is 23.2 Å². The number of nitrogens with one attached hydrogen (secondary N) is 1. The fourth-order valence-corrected chi connectivity index (χ4v) is 5.00. The molecule has 1 aromatic heterocycles. The summed E-state index contributed by atoms with van der Waals surface area (Å²) >= 11 is 11.8. The third-order valence-electron chi connectivity index (χ3n) is 4.79. The number of hydrogen-bond donors (Lipinski definition) is 1. The SMILES string of the molecule is O=C(c1cc2cc(Cl)ccc2[nH]1)N1CCN(S(=O)(=O)c2ccc(Cl)cc2)CC1. The van der Waals surface area contributed by atoms with Crippen molar-refractivity contribution in [1.82, 2.24) is 14.2 Å². The maximum atomic E-state index is 12.8. The number of H-pyrrole nitrogens is 1. The largest absolute Gasteiger partial charge is 0.351 e. The van der Waals surface area contributed by atoms with E-state index in [0.717, 1.165) is 10.9 Å². The van der Waals surface area contributed by atoms with Crippen LogP contribution in [-0.4, -0.2) is 54.7 Å². The minimum Gasteiger partial charge on any atom is -0.351 e. The van der Waals surface area contributed by atoms with Gasteiger partial charge in [-0.15, -0.1) is 0 Å². The molecule has 0 saturated carbocycles. The molecule has 28 heavy (non-hydrogen) atoms. The van der Waals surface area contributed by atoms with E-state index in [1.165, 1.54) is 16.4 Å². The standard InChI is InChI=1S/C19H17Cl2N3O3S/c20-14-1-4-16(5-2-14)28(26,27)24-9-7-23(8-10-24)19(25)18-12-13-11-15(21)3-6-17(13)22-18/h1-6,11-12,22H,7-10H2. The number of hydrogen-bond acceptors (Lipinski definition) is 3. The van der Waals surface area contributed by atoms with Gasteiger partial charge in [0.2, 0.25) is 10.0 Å². The summed E-state index contributed by atoms with van der Waals surface area (Å²) in [5, 5.41) is 1.94. The highest BCUT2D eigenvalue weighted by Gasteiger charge is 2.30. The van der Waals surface area contributed by atoms with Crippen molar-refractivity contribution in [1.29, 1.82) is 0 Å². The van der Waals surface area contributed by atoms with Crippen molar-refractivity contribution in [3.63, 3.8) is 0 Å². The topological polar surface area (TPSA) is 73.5 Å². The Morgan fingerprint density at radius 2 is 1.54 bits per heavy atom. The van der Waals surface area contributed by atoms with E-state index in [1.54, 1.807) is 35.2 Å². The van der Waals surface area contributed by atoms with E-state index in [0.29, 0.717) is 28.8 Å². The summed E-state index contributed by atoms with van der Waals surface area (Å²) in [6.45, 7) is 1.12. The Hall–Kier alpha value is -2.06. The number of rotatable bonds is 3. The molecule has 0 radical (unpaired) electrons. The number of sulfonamides is 1. The number of aromatic amines is 1. The smallest absolute Gasteiger partial charge is 0.270 e. The second kappa shape index (κ2) is 7.40. The van der Waals surface area contributed by atoms with Gasteiger partial charge < -0.3 is 9.88 Å². The van der Waals surface area contributed by atoms with Gasteiger partial charge >= 0.3 is 0 Å². The summed E-state index contributed by atoms with van der Waals surface area (Å²) in [4.78, 5) is 17.7. The van der Waals surface area contributed by atoms with Gasteiger partial charge in [0, 0.05) is 47.1 Å². The Balaban J connectivity index is 1.47. The van der Waals surface area contributed by atoms with E-state index in [-0.39, 0.29) is 23.9 Å². The molecule has 1 amide bonds. The molecular weight excluding hydrogens is 421 g/mol. The lowest BCUT2D eigenvalue weighted by Gasteiger charge is -2.33. The lowest BCUT2D eigenvalue weighted by molar-refractivity contribution is 0.0693. The highest BCUT2D eigenvalue weighted by Crippen LogP contribution is 2.23. The van der Waals surface area contributed by atoms with E-state index < -0.39 is 10.0 Å². The maximum absolute atomic E-state index is 12.8. The molecular formula is C19H17Cl2N3O3S. The van der Waals surface area contributed by atoms with Crippen LogP contribution in [0.15, 0.2) is 53.4 Å². The monoisotopic (exact) mass is 437 g/mol. The fourth-order valence-electron chi connectivity index (χ4n) is 3.28. The number of piperazine rings is 1. The molecule has 1 N–H and O–H groups in total. The first kappa shape index (κ1) is 19.3. The Kier molecular flexibility index (Phi) is 5.09. The van der Waals surface area contributed by atoms with Crippen molar-refractivity contribution in [2.24, 2.45) is 0 Å². The van der Waals surface area contributed by atoms with Crippen molar-refractivity contribution < 1.29 is 13.2 Å². The van der Waals surface area contributed by atoms with E-state index in [9.17, 15) is 13.2 Å². The van der Waals surface area contributed by atoms with Gasteiger partial charge in [-0.05, 0) is 48.5 Å². The molecule has 146 valence electrons. The van der Waals surface area contributed by atoms with Crippen molar-refractivity contribution in [2.45, 2.75) is 4.90 Å². The Morgan fingerprint density at radius 3 is 2.21 bits per heavy atom. The quantitative estimate of drug-likeness (QED) is 0.679. The molecule has 0 atom stereocenters. The van der Waals surface area contributed by atoms with Gasteiger partial charge in [0.1, 0.15) is 5.69 Å². The van der Waals surface area contributed by atoms with Crippen LogP contribution < -0.4 is 0 Å². The number of benzene rings is 2. The average molecular weight is 438 g/mol. The van der Waals surface area contributed by atoms with Crippen LogP contribution in [0.5, 0.6) is 0 Å². The Bertz CT molecular complexity index is 1130. The number of nitrogens with zero attached hydrogens (tertiary/aromatic N) is 2. The summed E-state index contributed by atoms with van der Waals surface area (Å²) in [6, 6.07) is 13.2. The average Bonchev–Trinajstić information content (AvgIpc) is 3.11. The molecule has 1 saturated heterocycles. The molecule has 0 bridgehead atoms. The second-order valence-corrected chi connectivity index (χ2v) is 9.38. The number of aromatic nitrogens is 1. The molecule has 0 spiro atoms. The van der Waals surface area contributed by atoms with Gasteiger partial charge in [0.15, 0.2) is 0 Å². The van der Waals surface area contributed by atoms with E-state index >= 15 is 0 Å². The van der Waals surface area contributed by atoms with Gasteiger partial charge in [-0.2, -0.15) is 4.31 Å². The van der Waals surface area contributed by atoms with Gasteiger partial charge in [0.05, 0.1) is 4.90 Å². The first-order valence-corrected chi connectivity index (χ1v) is 10.9. The van der Waals surface area contributed by atoms with Crippen molar-refractivity contribution in [3.8, 4) is 0 Å². The third-order valence-corrected chi connectivity index (χ3v) is 7.19. The summed E-state index contributed by atoms with van der Waals surface area (Å²) < 4.78 is 26.9. The third kappa shape index (κ3) is 3.63. The number of carbonyl (C=O) groups is 1. The van der Waals surface area contributed by atoms with Crippen molar-refractivity contribution >= 4 is 50.0 Å². The molecule has 1 aliphatic heterocycles. The zero-order chi connectivity index (χ0) is 19.9. The molecule has 3 aromatic rings. The summed E-state index contributed by atoms with van der Waals surface area (Å²) in [6.07, 6.45) is 0. The number of halogens is 2. The predicted octanol–water partition coefficient (Wildman–Crippen LogP) is 3.62. The van der Waals surface area contributed by atoms with Crippen LogP contribution in [-0.2, 0) is 10.0 Å². The minimum absolute atomic E-state index is 0.157. The fraction of sp³-hybridized carbons (Fsp3) is 0.211. The van der Waals surface area contributed by atoms with Crippen molar-refractivity contribution in [3.05, 3.63) is 64.3 Å². The highest BCUT2D eigenvalue weighted by atomic mass is 35.5. The highest BCUT2D eigenvalue weighted by molar-refractivity contribution is 7.89. The number of amides is 1. The summed E-state index contributed by atoms with van der Waals surface area (Å²) in [7, 11) is -3.60. The van der Waals surface area contributed by atoms with Crippen LogP contribution in [0.4, 0.5) is 0 Å². The normalized spacial score (nSPS) is 15.9. The molecule has 0 unspecified atom stereocenters. The predicted molar refractivity (Wildman–Crippen MR) is 109 cm³/mol. The molecule has 1 aliphatic rings. The van der Waals surface area contributed by atoms with E-state index in [2.05, 4.69) is 4.98 Å². The molecule has 0 aliphatic carbocycles. The Labute approximate surface area is 172 Å². The van der Waals surface area contributed by atoms with Crippen LogP contribution >= 0.6 is 23.2 Å². The molecule has 2 aromatic carbocycles. The summed E-state index contributed by atoms with van der Waals surface area (Å²) in [5.74, 6) is -0.157. The zero-order valence-electron chi connectivity index (χ0n) is 14.7. The van der Waals surface area contributed by atoms with Crippen molar-refractivity contribution in [2.75, 3.05) is 26.2 Å². The number of carbonyl (C=O) groups excluding carboxylic acids is 1. The van der Waals surface area contributed by atoms with Crippen LogP contribution in [0.3, 0.4) is 0 Å². The van der Waals surface area contributed by atoms with Crippen LogP contribution in [0.1, 0.15) is 10.5 Å². The molecule has 4 rings (SSSR count). The Morgan fingerprint density at radius 1 is 0.893 bits per heavy atom. The van der Waals surface area contributed by atoms with Crippen LogP contribution in [0.2, 0.25) is 10.0 Å². The summed E-state index contributed by atoms with van der Waals surface area (Å²) in [5.41, 5.74) is 1.29. The molecule has 6 nitrogen and oxygen atoms in total. The van der Waals surface area contributed by atoms with E-state index in [1.807, 2.05) is 6.07 Å². The first-order valence-electron chi connectivity index (χ1n) is 8.68. The molecule has 9 heteroatoms. The van der Waals surface area contributed by atoms with Gasteiger partial charge in [-0.3, -0.25) is 4.79 Å². The maximum Gasteiger partial charge on any atom is 0.270 e. The van der Waals surface area contributed by atoms with Gasteiger partial charge in [0.25, 0.3) is 5.91 Å². The number of fused-ring (bicyclic) bond motifs is 1. The molecule has 2 heterocycles. The molecule has 1 fully saturated rings. The van der Waals surface area contributed by atoms with E-state index in [4.69, 9.17) is 23.2 Å². The van der Waals surface area contributed by atoms with Crippen LogP contribution in [0, 0.1) is 0 Å². The lowest BCUT2D eigenvalue weighted by atomic mass is 10.2. The van der Waals surface area contributed by atoms with Gasteiger partial charge in [-0.25, -0.2) is 8.42 Å². The van der Waals surface area contributed by atoms with Crippen LogP contribution in [0.25, 0.3) is 10.9 Å². The lowest BCUT2D eigenvalue weighted by Crippen LogP contribution is -2.50. The second-order valence-electron chi connectivity index (χ2n) is 6.56. The minimum atomic E-state index is -3.60. The zero-order valence-corrected chi connectivity index (χ0v) is 17.1. The first-order chi connectivity index (χ1) is 13.3.